The van der Waals surface area contributed by atoms with Crippen molar-refractivity contribution >= 4 is 61.5 Å². The van der Waals surface area contributed by atoms with Crippen molar-refractivity contribution < 1.29 is 4.79 Å². The molecule has 3 unspecified atom stereocenters. The van der Waals surface area contributed by atoms with Gasteiger partial charge in [-0.3, -0.25) is 4.79 Å². The van der Waals surface area contributed by atoms with Crippen molar-refractivity contribution in [2.24, 2.45) is 17.8 Å². The Bertz CT molecular complexity index is 2100. The Hall–Kier alpha value is -4.37. The Kier molecular flexibility index (Phi) is 11.2. The number of Topliss-reactive ketones (excluding diaryl/α,β-unsaturated/α-hetero) is 1. The molecule has 270 valence electrons. The van der Waals surface area contributed by atoms with Crippen molar-refractivity contribution in [3.8, 4) is 0 Å². The predicted molar refractivity (Wildman–Crippen MR) is 225 cm³/mol. The number of para-hydroxylation sites is 2. The van der Waals surface area contributed by atoms with Crippen molar-refractivity contribution in [3.05, 3.63) is 107 Å². The summed E-state index contributed by atoms with van der Waals surface area (Å²) in [7, 11) is 0. The average molecular weight is 691 g/mol. The van der Waals surface area contributed by atoms with Crippen LogP contribution in [0.2, 0.25) is 0 Å². The molecule has 2 aromatic heterocycles. The highest BCUT2D eigenvalue weighted by atomic mass is 16.1. The number of nitrogens with zero attached hydrogens (tertiary/aromatic N) is 2. The fourth-order valence-electron chi connectivity index (χ4n) is 8.93. The van der Waals surface area contributed by atoms with Gasteiger partial charge in [0.25, 0.3) is 0 Å². The molecule has 1 aliphatic carbocycles. The van der Waals surface area contributed by atoms with Crippen molar-refractivity contribution in [2.45, 2.75) is 112 Å². The minimum atomic E-state index is 0.201. The van der Waals surface area contributed by atoms with Gasteiger partial charge in [-0.25, -0.2) is 0 Å². The number of fused-ring (bicyclic) bond motifs is 6. The van der Waals surface area contributed by atoms with Gasteiger partial charge in [0, 0.05) is 67.8 Å². The molecule has 0 N–H and O–H groups in total. The maximum absolute atomic E-state index is 14.2. The Morgan fingerprint density at radius 3 is 1.44 bits per heavy atom. The zero-order valence-corrected chi connectivity index (χ0v) is 32.3. The molecule has 6 aromatic rings. The SMILES string of the molecule is CCCCC(CC)Cn1c2ccccc2c2cc(/C=C3/CC(C)C/C(=C\c4ccc5c(c4)c4ccccc4n5CC(CC)CCCC)C3=O)ccc21. The average Bonchev–Trinajstić information content (AvgIpc) is 3.64. The van der Waals surface area contributed by atoms with E-state index in [9.17, 15) is 4.79 Å². The molecule has 0 amide bonds. The van der Waals surface area contributed by atoms with E-state index in [1.54, 1.807) is 0 Å². The third kappa shape index (κ3) is 7.29. The smallest absolute Gasteiger partial charge is 0.185 e. The number of allylic oxidation sites excluding steroid dienone is 2. The van der Waals surface area contributed by atoms with Crippen LogP contribution in [-0.4, -0.2) is 14.9 Å². The van der Waals surface area contributed by atoms with E-state index in [1.165, 1.54) is 95.0 Å². The summed E-state index contributed by atoms with van der Waals surface area (Å²) in [6, 6.07) is 31.4. The molecule has 3 atom stereocenters. The molecular formula is C49H58N2O. The number of aromatic nitrogens is 2. The second kappa shape index (κ2) is 16.1. The molecule has 0 aliphatic heterocycles. The zero-order valence-electron chi connectivity index (χ0n) is 32.3. The van der Waals surface area contributed by atoms with E-state index >= 15 is 0 Å². The van der Waals surface area contributed by atoms with Crippen LogP contribution in [0.5, 0.6) is 0 Å². The number of hydrogen-bond donors (Lipinski definition) is 0. The van der Waals surface area contributed by atoms with Crippen LogP contribution in [0.1, 0.15) is 110 Å². The summed E-state index contributed by atoms with van der Waals surface area (Å²) >= 11 is 0. The van der Waals surface area contributed by atoms with E-state index in [2.05, 4.69) is 141 Å². The van der Waals surface area contributed by atoms with Crippen molar-refractivity contribution in [3.63, 3.8) is 0 Å². The summed E-state index contributed by atoms with van der Waals surface area (Å²) in [5.41, 5.74) is 9.30. The van der Waals surface area contributed by atoms with Crippen molar-refractivity contribution in [1.82, 2.24) is 9.13 Å². The Balaban J connectivity index is 1.21. The van der Waals surface area contributed by atoms with Crippen LogP contribution in [0.3, 0.4) is 0 Å². The van der Waals surface area contributed by atoms with E-state index in [4.69, 9.17) is 0 Å². The molecular weight excluding hydrogens is 633 g/mol. The molecule has 4 aromatic carbocycles. The van der Waals surface area contributed by atoms with Crippen LogP contribution in [-0.2, 0) is 17.9 Å². The largest absolute Gasteiger partial charge is 0.340 e. The van der Waals surface area contributed by atoms with Gasteiger partial charge in [0.05, 0.1) is 0 Å². The lowest BCUT2D eigenvalue weighted by molar-refractivity contribution is -0.113. The Labute approximate surface area is 311 Å². The molecule has 3 nitrogen and oxygen atoms in total. The third-order valence-electron chi connectivity index (χ3n) is 12.0. The topological polar surface area (TPSA) is 26.9 Å². The summed E-state index contributed by atoms with van der Waals surface area (Å²) in [5.74, 6) is 1.97. The summed E-state index contributed by atoms with van der Waals surface area (Å²) in [5, 5.41) is 5.17. The lowest BCUT2D eigenvalue weighted by atomic mass is 9.80. The molecule has 1 fully saturated rings. The van der Waals surface area contributed by atoms with E-state index in [0.717, 1.165) is 48.2 Å². The van der Waals surface area contributed by atoms with Gasteiger partial charge in [-0.1, -0.05) is 122 Å². The molecule has 0 radical (unpaired) electrons. The van der Waals surface area contributed by atoms with Crippen LogP contribution < -0.4 is 0 Å². The lowest BCUT2D eigenvalue weighted by Gasteiger charge is -2.23. The van der Waals surface area contributed by atoms with Crippen LogP contribution in [0.25, 0.3) is 55.8 Å². The predicted octanol–water partition coefficient (Wildman–Crippen LogP) is 13.8. The molecule has 3 heteroatoms. The summed E-state index contributed by atoms with van der Waals surface area (Å²) in [6.45, 7) is 13.6. The second-order valence-corrected chi connectivity index (χ2v) is 15.8. The highest BCUT2D eigenvalue weighted by Crippen LogP contribution is 2.37. The minimum absolute atomic E-state index is 0.201. The van der Waals surface area contributed by atoms with Gasteiger partial charge in [0.15, 0.2) is 5.78 Å². The summed E-state index contributed by atoms with van der Waals surface area (Å²) < 4.78 is 5.09. The first-order valence-electron chi connectivity index (χ1n) is 20.4. The normalized spacial score (nSPS) is 18.1. The first-order valence-corrected chi connectivity index (χ1v) is 20.4. The second-order valence-electron chi connectivity index (χ2n) is 15.8. The number of carbonyl (C=O) groups is 1. The molecule has 0 spiro atoms. The molecule has 0 saturated heterocycles. The molecule has 1 aliphatic rings. The molecule has 52 heavy (non-hydrogen) atoms. The highest BCUT2D eigenvalue weighted by molar-refractivity contribution is 6.15. The molecule has 7 rings (SSSR count). The molecule has 0 bridgehead atoms. The van der Waals surface area contributed by atoms with Crippen LogP contribution >= 0.6 is 0 Å². The maximum atomic E-state index is 14.2. The van der Waals surface area contributed by atoms with E-state index in [1.807, 2.05) is 0 Å². The number of benzene rings is 4. The first-order chi connectivity index (χ1) is 25.4. The van der Waals surface area contributed by atoms with E-state index in [0.29, 0.717) is 17.8 Å². The van der Waals surface area contributed by atoms with Gasteiger partial charge in [-0.15, -0.1) is 0 Å². The summed E-state index contributed by atoms with van der Waals surface area (Å²) in [6.07, 6.45) is 16.0. The fourth-order valence-corrected chi connectivity index (χ4v) is 8.93. The lowest BCUT2D eigenvalue weighted by Crippen LogP contribution is -2.18. The number of carbonyl (C=O) groups excluding carboxylic acids is 1. The Morgan fingerprint density at radius 1 is 0.596 bits per heavy atom. The Morgan fingerprint density at radius 2 is 1.02 bits per heavy atom. The van der Waals surface area contributed by atoms with E-state index < -0.39 is 0 Å². The highest BCUT2D eigenvalue weighted by Gasteiger charge is 2.26. The zero-order chi connectivity index (χ0) is 36.2. The number of ketones is 1. The van der Waals surface area contributed by atoms with E-state index in [-0.39, 0.29) is 5.78 Å². The van der Waals surface area contributed by atoms with Gasteiger partial charge >= 0.3 is 0 Å². The maximum Gasteiger partial charge on any atom is 0.185 e. The quantitative estimate of drug-likeness (QED) is 0.105. The van der Waals surface area contributed by atoms with Gasteiger partial charge in [-0.05, 0) is 103 Å². The van der Waals surface area contributed by atoms with Gasteiger partial charge in [-0.2, -0.15) is 0 Å². The number of unbranched alkanes of at least 4 members (excludes halogenated alkanes) is 2. The fraction of sp³-hybridized carbons (Fsp3) is 0.408. The minimum Gasteiger partial charge on any atom is -0.340 e. The first kappa shape index (κ1) is 36.0. The van der Waals surface area contributed by atoms with Gasteiger partial charge in [0.1, 0.15) is 0 Å². The summed E-state index contributed by atoms with van der Waals surface area (Å²) in [4.78, 5) is 14.2. The van der Waals surface area contributed by atoms with Crippen molar-refractivity contribution in [1.29, 1.82) is 0 Å². The standard InChI is InChI=1S/C49H58N2O/c1-6-10-16-35(8-3)32-50-45-20-14-12-18-41(45)43-30-37(22-24-47(43)50)28-39-26-34(5)27-40(49(39)52)29-38-23-25-48-44(31-38)42-19-13-15-21-46(42)51(48)33-36(9-4)17-11-7-2/h12-15,18-25,28-31,34-36H,6-11,16-17,26-27,32-33H2,1-5H3/b39-28-,40-29+. The third-order valence-corrected chi connectivity index (χ3v) is 12.0. The molecule has 2 heterocycles. The molecule has 1 saturated carbocycles. The number of rotatable bonds is 14. The van der Waals surface area contributed by atoms with Crippen LogP contribution in [0.15, 0.2) is 96.1 Å². The van der Waals surface area contributed by atoms with Gasteiger partial charge < -0.3 is 9.13 Å². The monoisotopic (exact) mass is 690 g/mol. The van der Waals surface area contributed by atoms with Crippen LogP contribution in [0.4, 0.5) is 0 Å². The van der Waals surface area contributed by atoms with Crippen LogP contribution in [0, 0.1) is 17.8 Å². The van der Waals surface area contributed by atoms with Gasteiger partial charge in [0.2, 0.25) is 0 Å². The van der Waals surface area contributed by atoms with Crippen molar-refractivity contribution in [2.75, 3.05) is 0 Å². The number of hydrogen-bond acceptors (Lipinski definition) is 1.